The Hall–Kier alpha value is -0.860. The number of aliphatic hydroxyl groups excluding tert-OH is 1. The van der Waals surface area contributed by atoms with Gasteiger partial charge in [0.05, 0.1) is 6.10 Å². The number of aliphatic hydroxyl groups is 1. The molecule has 0 bridgehead atoms. The second kappa shape index (κ2) is 5.65. The Bertz CT molecular complexity index is 375. The van der Waals surface area contributed by atoms with Gasteiger partial charge in [-0.2, -0.15) is 0 Å². The molecule has 0 radical (unpaired) electrons. The van der Waals surface area contributed by atoms with E-state index in [0.29, 0.717) is 5.92 Å². The van der Waals surface area contributed by atoms with Crippen LogP contribution < -0.4 is 5.32 Å². The van der Waals surface area contributed by atoms with Crippen LogP contribution in [0.3, 0.4) is 0 Å². The monoisotopic (exact) mass is 233 g/mol. The van der Waals surface area contributed by atoms with Crippen LogP contribution in [-0.4, -0.2) is 17.8 Å². The Morgan fingerprint density at radius 2 is 2.12 bits per heavy atom. The van der Waals surface area contributed by atoms with E-state index in [9.17, 15) is 5.11 Å². The van der Waals surface area contributed by atoms with Crippen LogP contribution in [0.25, 0.3) is 0 Å². The highest BCUT2D eigenvalue weighted by atomic mass is 16.3. The quantitative estimate of drug-likeness (QED) is 0.837. The summed E-state index contributed by atoms with van der Waals surface area (Å²) in [5.41, 5.74) is 4.03. The zero-order valence-corrected chi connectivity index (χ0v) is 10.9. The van der Waals surface area contributed by atoms with E-state index in [2.05, 4.69) is 37.4 Å². The third kappa shape index (κ3) is 3.30. The Balaban J connectivity index is 1.83. The fourth-order valence-corrected chi connectivity index (χ4v) is 2.64. The molecular formula is C15H23NO. The molecule has 17 heavy (non-hydrogen) atoms. The highest BCUT2D eigenvalue weighted by Gasteiger charge is 2.24. The largest absolute Gasteiger partial charge is 0.393 e. The fourth-order valence-electron chi connectivity index (χ4n) is 2.64. The summed E-state index contributed by atoms with van der Waals surface area (Å²) in [6.45, 7) is 6.13. The van der Waals surface area contributed by atoms with Crippen molar-refractivity contribution in [1.29, 1.82) is 0 Å². The first-order valence-electron chi connectivity index (χ1n) is 6.61. The van der Waals surface area contributed by atoms with Crippen molar-refractivity contribution in [1.82, 2.24) is 5.32 Å². The minimum Gasteiger partial charge on any atom is -0.393 e. The Morgan fingerprint density at radius 3 is 2.82 bits per heavy atom. The van der Waals surface area contributed by atoms with Gasteiger partial charge in [-0.05, 0) is 43.7 Å². The van der Waals surface area contributed by atoms with Crippen LogP contribution >= 0.6 is 0 Å². The molecule has 0 aromatic heterocycles. The van der Waals surface area contributed by atoms with E-state index >= 15 is 0 Å². The molecule has 0 aliphatic heterocycles. The average molecular weight is 233 g/mol. The topological polar surface area (TPSA) is 32.3 Å². The zero-order valence-electron chi connectivity index (χ0n) is 10.9. The summed E-state index contributed by atoms with van der Waals surface area (Å²) in [5, 5.41) is 13.2. The van der Waals surface area contributed by atoms with E-state index in [4.69, 9.17) is 0 Å². The lowest BCUT2D eigenvalue weighted by molar-refractivity contribution is 0.131. The van der Waals surface area contributed by atoms with Gasteiger partial charge >= 0.3 is 0 Å². The summed E-state index contributed by atoms with van der Waals surface area (Å²) in [7, 11) is 0. The van der Waals surface area contributed by atoms with Crippen LogP contribution in [0, 0.1) is 19.8 Å². The Labute approximate surface area is 104 Å². The van der Waals surface area contributed by atoms with E-state index in [-0.39, 0.29) is 6.10 Å². The predicted octanol–water partition coefficient (Wildman–Crippen LogP) is 2.55. The number of hydrogen-bond donors (Lipinski definition) is 2. The summed E-state index contributed by atoms with van der Waals surface area (Å²) in [5.74, 6) is 0.458. The first-order valence-corrected chi connectivity index (χ1v) is 6.61. The minimum absolute atomic E-state index is 0.0823. The van der Waals surface area contributed by atoms with E-state index in [1.165, 1.54) is 29.5 Å². The summed E-state index contributed by atoms with van der Waals surface area (Å²) >= 11 is 0. The third-order valence-corrected chi connectivity index (χ3v) is 3.85. The average Bonchev–Trinajstić information content (AvgIpc) is 2.70. The molecule has 1 aromatic rings. The maximum atomic E-state index is 9.74. The minimum atomic E-state index is -0.0823. The molecule has 2 nitrogen and oxygen atoms in total. The van der Waals surface area contributed by atoms with Crippen molar-refractivity contribution in [2.24, 2.45) is 5.92 Å². The van der Waals surface area contributed by atoms with Crippen molar-refractivity contribution < 1.29 is 5.11 Å². The van der Waals surface area contributed by atoms with Gasteiger partial charge in [0.2, 0.25) is 0 Å². The molecule has 1 aliphatic carbocycles. The smallest absolute Gasteiger partial charge is 0.0580 e. The Morgan fingerprint density at radius 1 is 1.29 bits per heavy atom. The van der Waals surface area contributed by atoms with Crippen LogP contribution in [-0.2, 0) is 6.54 Å². The van der Waals surface area contributed by atoms with Gasteiger partial charge in [0.1, 0.15) is 0 Å². The molecule has 0 amide bonds. The summed E-state index contributed by atoms with van der Waals surface area (Å²) in [4.78, 5) is 0. The van der Waals surface area contributed by atoms with Crippen molar-refractivity contribution in [3.63, 3.8) is 0 Å². The second-order valence-electron chi connectivity index (χ2n) is 5.32. The molecular weight excluding hydrogens is 210 g/mol. The fraction of sp³-hybridized carbons (Fsp3) is 0.600. The molecule has 2 atom stereocenters. The maximum absolute atomic E-state index is 9.74. The predicted molar refractivity (Wildman–Crippen MR) is 71.0 cm³/mol. The van der Waals surface area contributed by atoms with Crippen LogP contribution in [0.1, 0.15) is 36.0 Å². The van der Waals surface area contributed by atoms with Crippen LogP contribution in [0.4, 0.5) is 0 Å². The SMILES string of the molecule is Cc1ccc(C)c(CNCC2CCCC2O)c1. The number of nitrogens with one attached hydrogen (secondary N) is 1. The molecule has 1 aliphatic rings. The van der Waals surface area contributed by atoms with Gasteiger partial charge in [0, 0.05) is 13.1 Å². The van der Waals surface area contributed by atoms with Gasteiger partial charge in [-0.3, -0.25) is 0 Å². The van der Waals surface area contributed by atoms with Gasteiger partial charge in [-0.25, -0.2) is 0 Å². The second-order valence-corrected chi connectivity index (χ2v) is 5.32. The Kier molecular flexibility index (Phi) is 4.19. The normalized spacial score (nSPS) is 24.2. The van der Waals surface area contributed by atoms with Crippen LogP contribution in [0.15, 0.2) is 18.2 Å². The first kappa shape index (κ1) is 12.6. The van der Waals surface area contributed by atoms with Crippen molar-refractivity contribution in [2.45, 2.75) is 45.8 Å². The van der Waals surface area contributed by atoms with Gasteiger partial charge in [0.15, 0.2) is 0 Å². The molecule has 2 rings (SSSR count). The highest BCUT2D eigenvalue weighted by molar-refractivity contribution is 5.30. The molecule has 0 saturated heterocycles. The summed E-state index contributed by atoms with van der Waals surface area (Å²) < 4.78 is 0. The van der Waals surface area contributed by atoms with Crippen molar-refractivity contribution in [3.8, 4) is 0 Å². The lowest BCUT2D eigenvalue weighted by Crippen LogP contribution is -2.27. The van der Waals surface area contributed by atoms with E-state index in [1.807, 2.05) is 0 Å². The molecule has 0 spiro atoms. The van der Waals surface area contributed by atoms with E-state index in [0.717, 1.165) is 19.5 Å². The van der Waals surface area contributed by atoms with E-state index in [1.54, 1.807) is 0 Å². The lowest BCUT2D eigenvalue weighted by atomic mass is 10.0. The zero-order chi connectivity index (χ0) is 12.3. The molecule has 2 unspecified atom stereocenters. The summed E-state index contributed by atoms with van der Waals surface area (Å²) in [6.07, 6.45) is 3.24. The summed E-state index contributed by atoms with van der Waals surface area (Å²) in [6, 6.07) is 6.57. The van der Waals surface area contributed by atoms with Crippen LogP contribution in [0.2, 0.25) is 0 Å². The maximum Gasteiger partial charge on any atom is 0.0580 e. The molecule has 2 N–H and O–H groups in total. The number of rotatable bonds is 4. The molecule has 0 heterocycles. The van der Waals surface area contributed by atoms with Crippen molar-refractivity contribution >= 4 is 0 Å². The molecule has 1 aromatic carbocycles. The molecule has 94 valence electrons. The van der Waals surface area contributed by atoms with Gasteiger partial charge in [-0.1, -0.05) is 30.2 Å². The van der Waals surface area contributed by atoms with Gasteiger partial charge in [-0.15, -0.1) is 0 Å². The van der Waals surface area contributed by atoms with Gasteiger partial charge < -0.3 is 10.4 Å². The van der Waals surface area contributed by atoms with Crippen LogP contribution in [0.5, 0.6) is 0 Å². The molecule has 1 saturated carbocycles. The molecule has 1 fully saturated rings. The van der Waals surface area contributed by atoms with E-state index < -0.39 is 0 Å². The van der Waals surface area contributed by atoms with Crippen molar-refractivity contribution in [3.05, 3.63) is 34.9 Å². The first-order chi connectivity index (χ1) is 8.16. The number of benzene rings is 1. The third-order valence-electron chi connectivity index (χ3n) is 3.85. The number of aryl methyl sites for hydroxylation is 2. The van der Waals surface area contributed by atoms with Gasteiger partial charge in [0.25, 0.3) is 0 Å². The van der Waals surface area contributed by atoms with Crippen molar-refractivity contribution in [2.75, 3.05) is 6.54 Å². The molecule has 2 heteroatoms. The lowest BCUT2D eigenvalue weighted by Gasteiger charge is -2.16. The number of hydrogen-bond acceptors (Lipinski definition) is 2. The standard InChI is InChI=1S/C15H23NO/c1-11-6-7-12(2)14(8-11)10-16-9-13-4-3-5-15(13)17/h6-8,13,15-17H,3-5,9-10H2,1-2H3. The highest BCUT2D eigenvalue weighted by Crippen LogP contribution is 2.24.